The fourth-order valence-corrected chi connectivity index (χ4v) is 4.36. The Balaban J connectivity index is 1.43. The fourth-order valence-electron chi connectivity index (χ4n) is 3.86. The smallest absolute Gasteiger partial charge is 0.416 e. The first kappa shape index (κ1) is 26.5. The molecule has 37 heavy (non-hydrogen) atoms. The van der Waals surface area contributed by atoms with Crippen LogP contribution in [-0.2, 0) is 12.8 Å². The quantitative estimate of drug-likeness (QED) is 0.416. The Hall–Kier alpha value is -3.55. The molecule has 0 N–H and O–H groups in total. The highest BCUT2D eigenvalue weighted by Gasteiger charge is 2.30. The molecule has 0 radical (unpaired) electrons. The molecule has 0 atom stereocenters. The largest absolute Gasteiger partial charge is 0.472 e. The van der Waals surface area contributed by atoms with Crippen molar-refractivity contribution in [2.24, 2.45) is 0 Å². The van der Waals surface area contributed by atoms with Gasteiger partial charge in [0.15, 0.2) is 0 Å². The van der Waals surface area contributed by atoms with Gasteiger partial charge in [0.25, 0.3) is 5.91 Å². The highest BCUT2D eigenvalue weighted by Crippen LogP contribution is 2.30. The van der Waals surface area contributed by atoms with Crippen molar-refractivity contribution in [3.05, 3.63) is 80.6 Å². The van der Waals surface area contributed by atoms with Gasteiger partial charge in [0.05, 0.1) is 26.9 Å². The van der Waals surface area contributed by atoms with E-state index in [1.807, 2.05) is 11.0 Å². The lowest BCUT2D eigenvalue weighted by Crippen LogP contribution is -2.49. The number of anilines is 1. The summed E-state index contributed by atoms with van der Waals surface area (Å²) in [6, 6.07) is 9.53. The van der Waals surface area contributed by atoms with Gasteiger partial charge in [0, 0.05) is 32.4 Å². The predicted molar refractivity (Wildman–Crippen MR) is 132 cm³/mol. The molecule has 1 aromatic carbocycles. The van der Waals surface area contributed by atoms with Crippen LogP contribution in [0.2, 0.25) is 10.0 Å². The Morgan fingerprint density at radius 1 is 1.14 bits per heavy atom. The number of pyridine rings is 2. The second-order valence-corrected chi connectivity index (χ2v) is 9.15. The second-order valence-electron chi connectivity index (χ2n) is 8.31. The van der Waals surface area contributed by atoms with Crippen LogP contribution in [0.4, 0.5) is 19.0 Å². The predicted octanol–water partition coefficient (Wildman–Crippen LogP) is 5.52. The number of halogens is 5. The summed E-state index contributed by atoms with van der Waals surface area (Å²) in [6.45, 7) is 3.38. The van der Waals surface area contributed by atoms with Gasteiger partial charge in [-0.3, -0.25) is 4.79 Å². The Kier molecular flexibility index (Phi) is 7.76. The third-order valence-corrected chi connectivity index (χ3v) is 6.33. The number of amides is 1. The van der Waals surface area contributed by atoms with E-state index < -0.39 is 11.7 Å². The first-order chi connectivity index (χ1) is 17.6. The number of aryl methyl sites for hydroxylation is 1. The molecule has 1 fully saturated rings. The van der Waals surface area contributed by atoms with Gasteiger partial charge >= 0.3 is 6.18 Å². The number of hydrogen-bond acceptors (Lipinski definition) is 6. The molecular formula is C25H20Cl2F3N5O2. The van der Waals surface area contributed by atoms with E-state index in [2.05, 4.69) is 9.97 Å². The zero-order chi connectivity index (χ0) is 26.7. The molecule has 0 bridgehead atoms. The number of carbonyl (C=O) groups is 1. The summed E-state index contributed by atoms with van der Waals surface area (Å²) < 4.78 is 43.9. The number of benzene rings is 1. The number of rotatable bonds is 5. The van der Waals surface area contributed by atoms with E-state index in [9.17, 15) is 23.2 Å². The van der Waals surface area contributed by atoms with E-state index in [0.717, 1.165) is 12.1 Å². The number of ether oxygens (including phenoxy) is 1. The zero-order valence-corrected chi connectivity index (χ0v) is 21.0. The lowest BCUT2D eigenvalue weighted by atomic mass is 10.1. The van der Waals surface area contributed by atoms with Crippen molar-refractivity contribution < 1.29 is 22.7 Å². The molecule has 0 unspecified atom stereocenters. The highest BCUT2D eigenvalue weighted by molar-refractivity contribution is 6.36. The number of aromatic nitrogens is 2. The molecule has 4 rings (SSSR count). The third-order valence-electron chi connectivity index (χ3n) is 5.84. The Morgan fingerprint density at radius 2 is 1.81 bits per heavy atom. The first-order valence-electron chi connectivity index (χ1n) is 11.1. The number of carbonyl (C=O) groups excluding carboxylic acids is 1. The Morgan fingerprint density at radius 3 is 2.41 bits per heavy atom. The standard InChI is InChI=1S/C25H20Cl2F3N5O2/c1-15-20(24(36)35-8-6-34(7-9-35)22-21(27)11-19(26)13-32-22)10-17(12-31)23(33-15)37-14-16-2-4-18(5-3-16)25(28,29)30/h2-5,10-11,13H,6-9,14H2,1H3. The molecule has 0 saturated carbocycles. The van der Waals surface area contributed by atoms with Gasteiger partial charge in [-0.1, -0.05) is 35.3 Å². The van der Waals surface area contributed by atoms with Gasteiger partial charge in [-0.25, -0.2) is 9.97 Å². The molecule has 7 nitrogen and oxygen atoms in total. The van der Waals surface area contributed by atoms with Gasteiger partial charge in [0.2, 0.25) is 5.88 Å². The minimum Gasteiger partial charge on any atom is -0.472 e. The van der Waals surface area contributed by atoms with Crippen LogP contribution in [0.25, 0.3) is 0 Å². The monoisotopic (exact) mass is 549 g/mol. The second kappa shape index (κ2) is 10.8. The van der Waals surface area contributed by atoms with Crippen LogP contribution in [0.1, 0.15) is 32.7 Å². The normalized spacial score (nSPS) is 13.9. The molecule has 1 saturated heterocycles. The first-order valence-corrected chi connectivity index (χ1v) is 11.9. The van der Waals surface area contributed by atoms with Crippen molar-refractivity contribution in [2.75, 3.05) is 31.1 Å². The number of alkyl halides is 3. The van der Waals surface area contributed by atoms with Crippen molar-refractivity contribution in [1.82, 2.24) is 14.9 Å². The molecule has 192 valence electrons. The Labute approximate surface area is 221 Å². The van der Waals surface area contributed by atoms with E-state index in [4.69, 9.17) is 27.9 Å². The van der Waals surface area contributed by atoms with Gasteiger partial charge in [-0.2, -0.15) is 18.4 Å². The maximum Gasteiger partial charge on any atom is 0.416 e. The van der Waals surface area contributed by atoms with E-state index in [0.29, 0.717) is 53.3 Å². The molecule has 3 heterocycles. The van der Waals surface area contributed by atoms with Crippen LogP contribution in [0.5, 0.6) is 5.88 Å². The number of nitriles is 1. The molecule has 1 aliphatic rings. The highest BCUT2D eigenvalue weighted by atomic mass is 35.5. The van der Waals surface area contributed by atoms with Crippen molar-refractivity contribution in [3.63, 3.8) is 0 Å². The molecule has 1 aliphatic heterocycles. The van der Waals surface area contributed by atoms with E-state index in [1.54, 1.807) is 17.9 Å². The average Bonchev–Trinajstić information content (AvgIpc) is 2.87. The third kappa shape index (κ3) is 6.06. The van der Waals surface area contributed by atoms with Crippen LogP contribution >= 0.6 is 23.2 Å². The zero-order valence-electron chi connectivity index (χ0n) is 19.5. The SMILES string of the molecule is Cc1nc(OCc2ccc(C(F)(F)F)cc2)c(C#N)cc1C(=O)N1CCN(c2ncc(Cl)cc2Cl)CC1. The molecular weight excluding hydrogens is 530 g/mol. The van der Waals surface area contributed by atoms with E-state index in [-0.39, 0.29) is 29.5 Å². The molecule has 0 aliphatic carbocycles. The summed E-state index contributed by atoms with van der Waals surface area (Å²) >= 11 is 12.2. The molecule has 3 aromatic rings. The van der Waals surface area contributed by atoms with Crippen LogP contribution < -0.4 is 9.64 Å². The van der Waals surface area contributed by atoms with Crippen molar-refractivity contribution >= 4 is 34.9 Å². The minimum atomic E-state index is -4.43. The summed E-state index contributed by atoms with van der Waals surface area (Å²) in [7, 11) is 0. The maximum absolute atomic E-state index is 13.2. The maximum atomic E-state index is 13.2. The summed E-state index contributed by atoms with van der Waals surface area (Å²) in [4.78, 5) is 25.4. The fraction of sp³-hybridized carbons (Fsp3) is 0.280. The molecule has 1 amide bonds. The minimum absolute atomic E-state index is 0.00437. The van der Waals surface area contributed by atoms with Gasteiger partial charge in [-0.05, 0) is 36.8 Å². The topological polar surface area (TPSA) is 82.3 Å². The van der Waals surface area contributed by atoms with E-state index in [1.165, 1.54) is 24.4 Å². The van der Waals surface area contributed by atoms with E-state index >= 15 is 0 Å². The number of hydrogen-bond donors (Lipinski definition) is 0. The van der Waals surface area contributed by atoms with Gasteiger partial charge in [0.1, 0.15) is 24.1 Å². The van der Waals surface area contributed by atoms with Crippen LogP contribution in [0.3, 0.4) is 0 Å². The number of piperazine rings is 1. The summed E-state index contributed by atoms with van der Waals surface area (Å²) in [5.74, 6) is 0.327. The van der Waals surface area contributed by atoms with Crippen molar-refractivity contribution in [3.8, 4) is 11.9 Å². The van der Waals surface area contributed by atoms with Crippen molar-refractivity contribution in [1.29, 1.82) is 5.26 Å². The molecule has 0 spiro atoms. The number of nitrogens with zero attached hydrogens (tertiary/aromatic N) is 5. The van der Waals surface area contributed by atoms with Crippen LogP contribution in [-0.4, -0.2) is 47.0 Å². The summed E-state index contributed by atoms with van der Waals surface area (Å²) in [5, 5.41) is 10.5. The van der Waals surface area contributed by atoms with Gasteiger partial charge < -0.3 is 14.5 Å². The molecule has 2 aromatic heterocycles. The lowest BCUT2D eigenvalue weighted by Gasteiger charge is -2.36. The lowest BCUT2D eigenvalue weighted by molar-refractivity contribution is -0.137. The summed E-state index contributed by atoms with van der Waals surface area (Å²) in [6.07, 6.45) is -2.92. The van der Waals surface area contributed by atoms with Crippen LogP contribution in [0.15, 0.2) is 42.6 Å². The Bertz CT molecular complexity index is 1350. The average molecular weight is 550 g/mol. The van der Waals surface area contributed by atoms with Crippen LogP contribution in [0, 0.1) is 18.3 Å². The molecule has 12 heteroatoms. The summed E-state index contributed by atoms with van der Waals surface area (Å²) in [5.41, 5.74) is 0.409. The van der Waals surface area contributed by atoms with Gasteiger partial charge in [-0.15, -0.1) is 0 Å². The van der Waals surface area contributed by atoms with Crippen molar-refractivity contribution in [2.45, 2.75) is 19.7 Å².